The highest BCUT2D eigenvalue weighted by Gasteiger charge is 2.38. The largest absolute Gasteiger partial charge is 0.455 e. The lowest BCUT2D eigenvalue weighted by atomic mass is 10.2. The number of sulfonamides is 1. The molecule has 1 heterocycles. The molecule has 0 saturated heterocycles. The summed E-state index contributed by atoms with van der Waals surface area (Å²) in [6, 6.07) is 4.16. The molecule has 0 fully saturated rings. The van der Waals surface area contributed by atoms with Crippen LogP contribution in [-0.4, -0.2) is 32.8 Å². The molecular weight excluding hydrogens is 387 g/mol. The number of carbonyl (C=O) groups is 1. The summed E-state index contributed by atoms with van der Waals surface area (Å²) in [4.78, 5) is 12.1. The van der Waals surface area contributed by atoms with Crippen molar-refractivity contribution in [1.82, 2.24) is 4.31 Å². The Morgan fingerprint density at radius 3 is 2.22 bits per heavy atom. The van der Waals surface area contributed by atoms with Crippen molar-refractivity contribution in [2.75, 3.05) is 24.7 Å². The summed E-state index contributed by atoms with van der Waals surface area (Å²) in [6.07, 6.45) is -4.77. The second kappa shape index (κ2) is 7.24. The highest BCUT2D eigenvalue weighted by Crippen LogP contribution is 2.37. The smallest absolute Gasteiger partial charge is 0.451 e. The summed E-state index contributed by atoms with van der Waals surface area (Å²) in [5.41, 5.74) is 0.138. The van der Waals surface area contributed by atoms with E-state index in [4.69, 9.17) is 0 Å². The summed E-state index contributed by atoms with van der Waals surface area (Å²) in [5.74, 6) is -1.34. The van der Waals surface area contributed by atoms with Gasteiger partial charge in [-0.1, -0.05) is 6.07 Å². The van der Waals surface area contributed by atoms with Crippen molar-refractivity contribution in [3.8, 4) is 0 Å². The first-order valence-electron chi connectivity index (χ1n) is 7.61. The maximum absolute atomic E-state index is 12.9. The zero-order valence-corrected chi connectivity index (χ0v) is 15.7. The van der Waals surface area contributed by atoms with Gasteiger partial charge in [0.05, 0.1) is 10.6 Å². The zero-order chi connectivity index (χ0) is 20.6. The van der Waals surface area contributed by atoms with E-state index < -0.39 is 33.7 Å². The van der Waals surface area contributed by atoms with E-state index in [1.807, 2.05) is 0 Å². The highest BCUT2D eigenvalue weighted by atomic mass is 32.2. The van der Waals surface area contributed by atoms with Crippen molar-refractivity contribution in [3.63, 3.8) is 0 Å². The summed E-state index contributed by atoms with van der Waals surface area (Å²) in [7, 11) is -1.02. The van der Waals surface area contributed by atoms with E-state index >= 15 is 0 Å². The lowest BCUT2D eigenvalue weighted by Crippen LogP contribution is -2.24. The number of anilines is 2. The van der Waals surface area contributed by atoms with Gasteiger partial charge >= 0.3 is 12.2 Å². The number of aryl methyl sites for hydroxylation is 2. The first-order valence-corrected chi connectivity index (χ1v) is 9.05. The topological polar surface area (TPSA) is 91.7 Å². The Kier molecular flexibility index (Phi) is 5.57. The highest BCUT2D eigenvalue weighted by molar-refractivity contribution is 7.89. The van der Waals surface area contributed by atoms with Crippen LogP contribution in [-0.2, 0) is 16.2 Å². The van der Waals surface area contributed by atoms with Gasteiger partial charge in [-0.05, 0) is 31.5 Å². The van der Waals surface area contributed by atoms with Gasteiger partial charge in [0.25, 0.3) is 0 Å². The molecule has 0 aliphatic rings. The van der Waals surface area contributed by atoms with Crippen LogP contribution in [0.1, 0.15) is 17.1 Å². The van der Waals surface area contributed by atoms with Crippen LogP contribution in [0.25, 0.3) is 0 Å². The van der Waals surface area contributed by atoms with Crippen molar-refractivity contribution in [1.29, 1.82) is 0 Å². The minimum absolute atomic E-state index is 0.0205. The SMILES string of the molecule is Cc1cc(NC(=O)Nc2cc(S(=O)(=O)N(C)C)ccc2C)c(C(F)(F)F)o1. The van der Waals surface area contributed by atoms with Gasteiger partial charge in [-0.3, -0.25) is 0 Å². The van der Waals surface area contributed by atoms with E-state index in [-0.39, 0.29) is 16.3 Å². The van der Waals surface area contributed by atoms with Gasteiger partial charge in [-0.15, -0.1) is 0 Å². The number of urea groups is 1. The van der Waals surface area contributed by atoms with E-state index in [0.29, 0.717) is 5.56 Å². The first-order chi connectivity index (χ1) is 12.3. The van der Waals surface area contributed by atoms with Crippen LogP contribution < -0.4 is 10.6 Å². The summed E-state index contributed by atoms with van der Waals surface area (Å²) < 4.78 is 68.8. The molecule has 0 bridgehead atoms. The number of halogens is 3. The maximum atomic E-state index is 12.9. The summed E-state index contributed by atoms with van der Waals surface area (Å²) in [6.45, 7) is 2.93. The van der Waals surface area contributed by atoms with Gasteiger partial charge in [0.2, 0.25) is 15.8 Å². The molecule has 0 aliphatic heterocycles. The molecule has 2 aromatic rings. The van der Waals surface area contributed by atoms with Crippen molar-refractivity contribution in [2.24, 2.45) is 0 Å². The molecule has 1 aromatic heterocycles. The van der Waals surface area contributed by atoms with E-state index in [1.165, 1.54) is 39.2 Å². The molecule has 148 valence electrons. The van der Waals surface area contributed by atoms with Crippen LogP contribution >= 0.6 is 0 Å². The van der Waals surface area contributed by atoms with E-state index in [0.717, 1.165) is 10.4 Å². The Balaban J connectivity index is 2.27. The minimum Gasteiger partial charge on any atom is -0.455 e. The molecule has 11 heteroatoms. The molecule has 0 aliphatic carbocycles. The second-order valence-electron chi connectivity index (χ2n) is 5.94. The standard InChI is InChI=1S/C16H18F3N3O4S/c1-9-5-6-11(27(24,25)22(3)4)8-12(9)20-15(23)21-13-7-10(2)26-14(13)16(17,18)19/h5-8H,1-4H3,(H2,20,21,23). The van der Waals surface area contributed by atoms with Crippen LogP contribution in [0.5, 0.6) is 0 Å². The monoisotopic (exact) mass is 405 g/mol. The number of carbonyl (C=O) groups excluding carboxylic acids is 1. The van der Waals surface area contributed by atoms with Crippen molar-refractivity contribution >= 4 is 27.4 Å². The molecule has 0 saturated carbocycles. The number of rotatable bonds is 4. The average molecular weight is 405 g/mol. The molecule has 0 atom stereocenters. The van der Waals surface area contributed by atoms with Crippen molar-refractivity contribution in [3.05, 3.63) is 41.3 Å². The fraction of sp³-hybridized carbons (Fsp3) is 0.312. The normalized spacial score (nSPS) is 12.3. The third kappa shape index (κ3) is 4.61. The molecule has 0 radical (unpaired) electrons. The van der Waals surface area contributed by atoms with Crippen molar-refractivity contribution < 1.29 is 30.8 Å². The Morgan fingerprint density at radius 2 is 1.67 bits per heavy atom. The minimum atomic E-state index is -4.77. The Morgan fingerprint density at radius 1 is 1.07 bits per heavy atom. The van der Waals surface area contributed by atoms with Crippen LogP contribution in [0, 0.1) is 13.8 Å². The zero-order valence-electron chi connectivity index (χ0n) is 14.9. The number of amides is 2. The molecule has 2 N–H and O–H groups in total. The fourth-order valence-electron chi connectivity index (χ4n) is 2.20. The number of nitrogens with one attached hydrogen (secondary N) is 2. The Bertz CT molecular complexity index is 966. The van der Waals surface area contributed by atoms with Crippen LogP contribution in [0.15, 0.2) is 33.6 Å². The number of hydrogen-bond acceptors (Lipinski definition) is 4. The molecule has 0 unspecified atom stereocenters. The molecule has 7 nitrogen and oxygen atoms in total. The molecule has 2 amide bonds. The number of furan rings is 1. The van der Waals surface area contributed by atoms with Gasteiger partial charge in [-0.2, -0.15) is 13.2 Å². The van der Waals surface area contributed by atoms with Crippen LogP contribution in [0.3, 0.4) is 0 Å². The second-order valence-corrected chi connectivity index (χ2v) is 8.09. The van der Waals surface area contributed by atoms with Crippen LogP contribution in [0.2, 0.25) is 0 Å². The first kappa shape index (κ1) is 20.8. The van der Waals surface area contributed by atoms with Gasteiger partial charge in [-0.25, -0.2) is 17.5 Å². The summed E-state index contributed by atoms with van der Waals surface area (Å²) in [5, 5.41) is 4.43. The molecule has 2 rings (SSSR count). The Hall–Kier alpha value is -2.53. The maximum Gasteiger partial charge on any atom is 0.451 e. The predicted molar refractivity (Wildman–Crippen MR) is 93.1 cm³/mol. The average Bonchev–Trinajstić information content (AvgIpc) is 2.89. The molecule has 1 aromatic carbocycles. The van der Waals surface area contributed by atoms with E-state index in [1.54, 1.807) is 6.92 Å². The predicted octanol–water partition coefficient (Wildman–Crippen LogP) is 3.81. The fourth-order valence-corrected chi connectivity index (χ4v) is 3.13. The van der Waals surface area contributed by atoms with E-state index in [9.17, 15) is 26.4 Å². The number of hydrogen-bond donors (Lipinski definition) is 2. The molecule has 0 spiro atoms. The number of alkyl halides is 3. The third-order valence-corrected chi connectivity index (χ3v) is 5.41. The molecular formula is C16H18F3N3O4S. The lowest BCUT2D eigenvalue weighted by Gasteiger charge is -2.15. The lowest BCUT2D eigenvalue weighted by molar-refractivity contribution is -0.152. The molecule has 27 heavy (non-hydrogen) atoms. The van der Waals surface area contributed by atoms with Gasteiger partial charge in [0, 0.05) is 25.8 Å². The summed E-state index contributed by atoms with van der Waals surface area (Å²) >= 11 is 0. The van der Waals surface area contributed by atoms with Crippen LogP contribution in [0.4, 0.5) is 29.3 Å². The third-order valence-electron chi connectivity index (χ3n) is 3.60. The number of benzene rings is 1. The Labute approximate surface area is 154 Å². The van der Waals surface area contributed by atoms with E-state index in [2.05, 4.69) is 15.1 Å². The van der Waals surface area contributed by atoms with Gasteiger partial charge < -0.3 is 15.1 Å². The van der Waals surface area contributed by atoms with Crippen molar-refractivity contribution in [2.45, 2.75) is 24.9 Å². The quantitative estimate of drug-likeness (QED) is 0.809. The van der Waals surface area contributed by atoms with Gasteiger partial charge in [0.15, 0.2) is 0 Å². The number of nitrogens with zero attached hydrogens (tertiary/aromatic N) is 1. The van der Waals surface area contributed by atoms with Gasteiger partial charge in [0.1, 0.15) is 5.76 Å².